The molecule has 0 aromatic carbocycles. The van der Waals surface area contributed by atoms with Gasteiger partial charge in [-0.3, -0.25) is 4.79 Å². The first-order chi connectivity index (χ1) is 7.39. The van der Waals surface area contributed by atoms with Crippen molar-refractivity contribution in [3.8, 4) is 0 Å². The molecule has 1 fully saturated rings. The van der Waals surface area contributed by atoms with Gasteiger partial charge >= 0.3 is 5.97 Å². The molecular formula is C9H17NO5S. The minimum atomic E-state index is -3.48. The molecule has 0 heterocycles. The summed E-state index contributed by atoms with van der Waals surface area (Å²) in [5.74, 6) is -1.21. The Bertz CT molecular complexity index is 341. The third-order valence-electron chi connectivity index (χ3n) is 2.79. The van der Waals surface area contributed by atoms with Crippen LogP contribution in [0, 0.1) is 0 Å². The van der Waals surface area contributed by atoms with E-state index in [0.29, 0.717) is 12.8 Å². The van der Waals surface area contributed by atoms with Crippen LogP contribution >= 0.6 is 0 Å². The number of hydrogen-bond acceptors (Lipinski definition) is 4. The number of carboxylic acids is 1. The van der Waals surface area contributed by atoms with Crippen molar-refractivity contribution >= 4 is 16.0 Å². The Labute approximate surface area is 94.7 Å². The molecule has 0 aromatic heterocycles. The number of nitrogens with one attached hydrogen (secondary N) is 1. The number of aliphatic hydroxyl groups excluding tert-OH is 1. The molecular weight excluding hydrogens is 234 g/mol. The molecule has 94 valence electrons. The van der Waals surface area contributed by atoms with Crippen molar-refractivity contribution < 1.29 is 23.4 Å². The lowest BCUT2D eigenvalue weighted by molar-refractivity contribution is -0.137. The maximum absolute atomic E-state index is 11.6. The largest absolute Gasteiger partial charge is 0.481 e. The Kier molecular flexibility index (Phi) is 4.28. The molecule has 1 saturated carbocycles. The molecule has 16 heavy (non-hydrogen) atoms. The molecule has 6 nitrogen and oxygen atoms in total. The van der Waals surface area contributed by atoms with E-state index < -0.39 is 21.5 Å². The van der Waals surface area contributed by atoms with Gasteiger partial charge in [-0.1, -0.05) is 0 Å². The molecule has 0 bridgehead atoms. The molecule has 0 unspecified atom stereocenters. The highest BCUT2D eigenvalue weighted by atomic mass is 32.2. The van der Waals surface area contributed by atoms with Crippen LogP contribution in [0.5, 0.6) is 0 Å². The van der Waals surface area contributed by atoms with Crippen molar-refractivity contribution in [1.82, 2.24) is 4.72 Å². The number of carboxylic acid groups (broad SMARTS) is 1. The van der Waals surface area contributed by atoms with Crippen molar-refractivity contribution in [2.24, 2.45) is 0 Å². The van der Waals surface area contributed by atoms with E-state index in [9.17, 15) is 13.2 Å². The Morgan fingerprint density at radius 3 is 2.38 bits per heavy atom. The van der Waals surface area contributed by atoms with Gasteiger partial charge in [-0.05, 0) is 25.7 Å². The van der Waals surface area contributed by atoms with Crippen molar-refractivity contribution in [3.05, 3.63) is 0 Å². The van der Waals surface area contributed by atoms with Crippen LogP contribution in [-0.2, 0) is 14.8 Å². The highest BCUT2D eigenvalue weighted by Gasteiger charge is 2.39. The second kappa shape index (κ2) is 5.11. The summed E-state index contributed by atoms with van der Waals surface area (Å²) in [5, 5.41) is 17.5. The van der Waals surface area contributed by atoms with Crippen LogP contribution in [0.15, 0.2) is 0 Å². The minimum absolute atomic E-state index is 0.0895. The Morgan fingerprint density at radius 2 is 2.00 bits per heavy atom. The zero-order valence-corrected chi connectivity index (χ0v) is 9.79. The Morgan fingerprint density at radius 1 is 1.38 bits per heavy atom. The number of hydrogen-bond donors (Lipinski definition) is 3. The average Bonchev–Trinajstić information content (AvgIpc) is 2.10. The average molecular weight is 251 g/mol. The predicted molar refractivity (Wildman–Crippen MR) is 57.5 cm³/mol. The number of sulfonamides is 1. The normalized spacial score (nSPS) is 19.1. The van der Waals surface area contributed by atoms with E-state index in [4.69, 9.17) is 10.2 Å². The number of aliphatic carboxylic acids is 1. The zero-order valence-electron chi connectivity index (χ0n) is 8.98. The number of aliphatic hydroxyl groups is 1. The van der Waals surface area contributed by atoms with Gasteiger partial charge in [0.1, 0.15) is 0 Å². The van der Waals surface area contributed by atoms with Crippen molar-refractivity contribution in [2.45, 2.75) is 37.6 Å². The summed E-state index contributed by atoms with van der Waals surface area (Å²) in [4.78, 5) is 10.2. The standard InChI is InChI=1S/C9H17NO5S/c11-7-9(4-2-5-9)10-16(14,15)6-1-3-8(12)13/h10-11H,1-7H2,(H,12,13). The summed E-state index contributed by atoms with van der Waals surface area (Å²) in [6.45, 7) is -0.203. The molecule has 1 aliphatic carbocycles. The van der Waals surface area contributed by atoms with E-state index in [0.717, 1.165) is 6.42 Å². The van der Waals surface area contributed by atoms with Gasteiger partial charge in [0.15, 0.2) is 0 Å². The second-order valence-corrected chi connectivity index (χ2v) is 6.05. The third-order valence-corrected chi connectivity index (χ3v) is 4.36. The molecule has 0 amide bonds. The van der Waals surface area contributed by atoms with E-state index >= 15 is 0 Å². The van der Waals surface area contributed by atoms with Gasteiger partial charge in [-0.2, -0.15) is 0 Å². The molecule has 3 N–H and O–H groups in total. The monoisotopic (exact) mass is 251 g/mol. The van der Waals surface area contributed by atoms with Crippen LogP contribution in [0.25, 0.3) is 0 Å². The summed E-state index contributed by atoms with van der Waals surface area (Å²) in [6.07, 6.45) is 2.11. The van der Waals surface area contributed by atoms with E-state index in [1.165, 1.54) is 0 Å². The molecule has 0 aromatic rings. The van der Waals surface area contributed by atoms with Gasteiger partial charge in [0.2, 0.25) is 10.0 Å². The minimum Gasteiger partial charge on any atom is -0.481 e. The molecule has 0 saturated heterocycles. The SMILES string of the molecule is O=C(O)CCCS(=O)(=O)NC1(CO)CCC1. The first kappa shape index (κ1) is 13.4. The first-order valence-electron chi connectivity index (χ1n) is 5.23. The molecule has 1 aliphatic rings. The van der Waals surface area contributed by atoms with Gasteiger partial charge in [-0.15, -0.1) is 0 Å². The van der Waals surface area contributed by atoms with Gasteiger partial charge < -0.3 is 10.2 Å². The van der Waals surface area contributed by atoms with Crippen LogP contribution in [0.1, 0.15) is 32.1 Å². The molecule has 0 spiro atoms. The van der Waals surface area contributed by atoms with Gasteiger partial charge in [0.25, 0.3) is 0 Å². The highest BCUT2D eigenvalue weighted by molar-refractivity contribution is 7.89. The summed E-state index contributed by atoms with van der Waals surface area (Å²) in [7, 11) is -3.48. The van der Waals surface area contributed by atoms with E-state index in [1.54, 1.807) is 0 Å². The fourth-order valence-electron chi connectivity index (χ4n) is 1.69. The summed E-state index contributed by atoms with van der Waals surface area (Å²) in [6, 6.07) is 0. The lowest BCUT2D eigenvalue weighted by atomic mass is 9.78. The maximum Gasteiger partial charge on any atom is 0.303 e. The molecule has 0 atom stereocenters. The smallest absolute Gasteiger partial charge is 0.303 e. The van der Waals surface area contributed by atoms with Crippen molar-refractivity contribution in [2.75, 3.05) is 12.4 Å². The molecule has 0 aliphatic heterocycles. The molecule has 0 radical (unpaired) electrons. The van der Waals surface area contributed by atoms with Crippen molar-refractivity contribution in [3.63, 3.8) is 0 Å². The second-order valence-electron chi connectivity index (χ2n) is 4.21. The van der Waals surface area contributed by atoms with Gasteiger partial charge in [0.05, 0.1) is 17.9 Å². The summed E-state index contributed by atoms with van der Waals surface area (Å²) < 4.78 is 25.6. The molecule has 7 heteroatoms. The third kappa shape index (κ3) is 3.73. The highest BCUT2D eigenvalue weighted by Crippen LogP contribution is 2.31. The zero-order chi connectivity index (χ0) is 12.2. The van der Waals surface area contributed by atoms with Crippen LogP contribution < -0.4 is 4.72 Å². The van der Waals surface area contributed by atoms with E-state index in [2.05, 4.69) is 4.72 Å². The van der Waals surface area contributed by atoms with Crippen LogP contribution in [0.4, 0.5) is 0 Å². The lowest BCUT2D eigenvalue weighted by Gasteiger charge is -2.40. The van der Waals surface area contributed by atoms with Gasteiger partial charge in [0, 0.05) is 6.42 Å². The van der Waals surface area contributed by atoms with Gasteiger partial charge in [-0.25, -0.2) is 13.1 Å². The van der Waals surface area contributed by atoms with Crippen LogP contribution in [0.2, 0.25) is 0 Å². The Balaban J connectivity index is 2.42. The Hall–Kier alpha value is -0.660. The van der Waals surface area contributed by atoms with E-state index in [1.807, 2.05) is 0 Å². The fourth-order valence-corrected chi connectivity index (χ4v) is 3.25. The van der Waals surface area contributed by atoms with Crippen LogP contribution in [0.3, 0.4) is 0 Å². The van der Waals surface area contributed by atoms with Crippen molar-refractivity contribution in [1.29, 1.82) is 0 Å². The number of rotatable bonds is 7. The van der Waals surface area contributed by atoms with E-state index in [-0.39, 0.29) is 25.2 Å². The topological polar surface area (TPSA) is 104 Å². The fraction of sp³-hybridized carbons (Fsp3) is 0.889. The lowest BCUT2D eigenvalue weighted by Crippen LogP contribution is -2.56. The number of carbonyl (C=O) groups is 1. The van der Waals surface area contributed by atoms with Crippen LogP contribution in [-0.4, -0.2) is 42.5 Å². The maximum atomic E-state index is 11.6. The molecule has 1 rings (SSSR count). The summed E-state index contributed by atoms with van der Waals surface area (Å²) >= 11 is 0. The summed E-state index contributed by atoms with van der Waals surface area (Å²) in [5.41, 5.74) is -0.692. The predicted octanol–water partition coefficient (Wildman–Crippen LogP) is -0.314. The quantitative estimate of drug-likeness (QED) is 0.575. The first-order valence-corrected chi connectivity index (χ1v) is 6.89.